The molecule has 0 heterocycles. The van der Waals surface area contributed by atoms with Crippen LogP contribution in [0.3, 0.4) is 0 Å². The summed E-state index contributed by atoms with van der Waals surface area (Å²) < 4.78 is 5.41. The second-order valence-corrected chi connectivity index (χ2v) is 6.28. The van der Waals surface area contributed by atoms with Crippen LogP contribution in [0.25, 0.3) is 0 Å². The molecule has 1 aliphatic carbocycles. The second-order valence-electron chi connectivity index (χ2n) is 6.28. The highest BCUT2D eigenvalue weighted by atomic mass is 16.5. The molecule has 1 atom stereocenters. The molecule has 0 fully saturated rings. The van der Waals surface area contributed by atoms with Gasteiger partial charge in [0.25, 0.3) is 0 Å². The van der Waals surface area contributed by atoms with Gasteiger partial charge in [-0.05, 0) is 54.2 Å². The number of fused-ring (bicyclic) bond motifs is 1. The van der Waals surface area contributed by atoms with E-state index in [9.17, 15) is 9.59 Å². The van der Waals surface area contributed by atoms with Crippen molar-refractivity contribution in [2.75, 3.05) is 11.9 Å². The van der Waals surface area contributed by atoms with Gasteiger partial charge in [-0.25, -0.2) is 0 Å². The Morgan fingerprint density at radius 2 is 1.88 bits per heavy atom. The van der Waals surface area contributed by atoms with Gasteiger partial charge in [0.05, 0.1) is 13.0 Å². The molecule has 0 saturated carbocycles. The standard InChI is InChI=1S/C20H22N2O3/c21-19(23)11-12-25-17-9-7-16(8-10-17)22-20(24)13-15-6-5-14-3-1-2-4-18(14)15/h1-4,7-10,15H,5-6,11-13H2,(H2,21,23)(H,22,24). The zero-order valence-electron chi connectivity index (χ0n) is 14.0. The van der Waals surface area contributed by atoms with Gasteiger partial charge >= 0.3 is 0 Å². The topological polar surface area (TPSA) is 81.4 Å². The smallest absolute Gasteiger partial charge is 0.224 e. The molecule has 0 aliphatic heterocycles. The Hall–Kier alpha value is -2.82. The number of hydrogen-bond donors (Lipinski definition) is 2. The number of hydrogen-bond acceptors (Lipinski definition) is 3. The van der Waals surface area contributed by atoms with Gasteiger partial charge < -0.3 is 15.8 Å². The maximum absolute atomic E-state index is 12.3. The molecular weight excluding hydrogens is 316 g/mol. The van der Waals surface area contributed by atoms with E-state index in [-0.39, 0.29) is 18.9 Å². The van der Waals surface area contributed by atoms with E-state index in [2.05, 4.69) is 17.4 Å². The SMILES string of the molecule is NC(=O)CCOc1ccc(NC(=O)CC2CCc3ccccc32)cc1. The summed E-state index contributed by atoms with van der Waals surface area (Å²) in [4.78, 5) is 23.0. The third-order valence-electron chi connectivity index (χ3n) is 4.44. The van der Waals surface area contributed by atoms with Gasteiger partial charge in [-0.3, -0.25) is 9.59 Å². The van der Waals surface area contributed by atoms with Crippen LogP contribution in [0.5, 0.6) is 5.75 Å². The van der Waals surface area contributed by atoms with Gasteiger partial charge in [0.15, 0.2) is 0 Å². The highest BCUT2D eigenvalue weighted by Gasteiger charge is 2.24. The largest absolute Gasteiger partial charge is 0.493 e. The number of anilines is 1. The maximum atomic E-state index is 12.3. The van der Waals surface area contributed by atoms with Crippen LogP contribution in [0, 0.1) is 0 Å². The van der Waals surface area contributed by atoms with Gasteiger partial charge in [0.2, 0.25) is 11.8 Å². The lowest BCUT2D eigenvalue weighted by molar-refractivity contribution is -0.118. The molecule has 0 saturated heterocycles. The van der Waals surface area contributed by atoms with E-state index < -0.39 is 5.91 Å². The van der Waals surface area contributed by atoms with Gasteiger partial charge in [0.1, 0.15) is 5.75 Å². The number of benzene rings is 2. The summed E-state index contributed by atoms with van der Waals surface area (Å²) in [6.07, 6.45) is 2.75. The van der Waals surface area contributed by atoms with Crippen molar-refractivity contribution in [2.24, 2.45) is 5.73 Å². The number of carbonyl (C=O) groups excluding carboxylic acids is 2. The second kappa shape index (κ2) is 7.83. The quantitative estimate of drug-likeness (QED) is 0.814. The van der Waals surface area contributed by atoms with Crippen molar-refractivity contribution < 1.29 is 14.3 Å². The lowest BCUT2D eigenvalue weighted by Crippen LogP contribution is -2.15. The third kappa shape index (κ3) is 4.59. The minimum Gasteiger partial charge on any atom is -0.493 e. The normalized spacial score (nSPS) is 15.4. The summed E-state index contributed by atoms with van der Waals surface area (Å²) >= 11 is 0. The Labute approximate surface area is 147 Å². The minimum absolute atomic E-state index is 0.0177. The maximum Gasteiger partial charge on any atom is 0.224 e. The van der Waals surface area contributed by atoms with Crippen LogP contribution in [0.15, 0.2) is 48.5 Å². The molecule has 0 spiro atoms. The monoisotopic (exact) mass is 338 g/mol. The van der Waals surface area contributed by atoms with Crippen molar-refractivity contribution >= 4 is 17.5 Å². The van der Waals surface area contributed by atoms with E-state index in [1.165, 1.54) is 11.1 Å². The zero-order chi connectivity index (χ0) is 17.6. The van der Waals surface area contributed by atoms with Crippen molar-refractivity contribution in [1.82, 2.24) is 0 Å². The Kier molecular flexibility index (Phi) is 5.33. The summed E-state index contributed by atoms with van der Waals surface area (Å²) in [6, 6.07) is 15.5. The summed E-state index contributed by atoms with van der Waals surface area (Å²) in [5, 5.41) is 2.93. The number of amides is 2. The van der Waals surface area contributed by atoms with Crippen LogP contribution in [-0.4, -0.2) is 18.4 Å². The van der Waals surface area contributed by atoms with Crippen molar-refractivity contribution in [3.63, 3.8) is 0 Å². The summed E-state index contributed by atoms with van der Waals surface area (Å²) in [5.41, 5.74) is 8.46. The molecular formula is C20H22N2O3. The molecule has 5 heteroatoms. The predicted octanol–water partition coefficient (Wildman–Crippen LogP) is 3.00. The molecule has 2 aromatic rings. The summed E-state index contributed by atoms with van der Waals surface area (Å²) in [5.74, 6) is 0.568. The fraction of sp³-hybridized carbons (Fsp3) is 0.300. The van der Waals surface area contributed by atoms with E-state index in [0.717, 1.165) is 18.5 Å². The number of aryl methyl sites for hydroxylation is 1. The number of carbonyl (C=O) groups is 2. The molecule has 1 unspecified atom stereocenters. The van der Waals surface area contributed by atoms with Gasteiger partial charge in [-0.15, -0.1) is 0 Å². The molecule has 130 valence electrons. The van der Waals surface area contributed by atoms with Crippen LogP contribution in [0.4, 0.5) is 5.69 Å². The Bertz CT molecular complexity index is 756. The fourth-order valence-electron chi connectivity index (χ4n) is 3.20. The predicted molar refractivity (Wildman–Crippen MR) is 96.5 cm³/mol. The van der Waals surface area contributed by atoms with E-state index in [4.69, 9.17) is 10.5 Å². The lowest BCUT2D eigenvalue weighted by Gasteiger charge is -2.12. The summed E-state index contributed by atoms with van der Waals surface area (Å²) in [7, 11) is 0. The highest BCUT2D eigenvalue weighted by molar-refractivity contribution is 5.91. The van der Waals surface area contributed by atoms with Crippen molar-refractivity contribution in [3.05, 3.63) is 59.7 Å². The minimum atomic E-state index is -0.391. The number of primary amides is 1. The first-order valence-corrected chi connectivity index (χ1v) is 8.50. The van der Waals surface area contributed by atoms with Crippen molar-refractivity contribution in [1.29, 1.82) is 0 Å². The lowest BCUT2D eigenvalue weighted by atomic mass is 9.97. The Balaban J connectivity index is 1.51. The van der Waals surface area contributed by atoms with Crippen LogP contribution < -0.4 is 15.8 Å². The first-order valence-electron chi connectivity index (χ1n) is 8.50. The molecule has 3 rings (SSSR count). The Morgan fingerprint density at radius 3 is 2.64 bits per heavy atom. The summed E-state index contributed by atoms with van der Waals surface area (Å²) in [6.45, 7) is 0.252. The molecule has 0 radical (unpaired) electrons. The molecule has 2 amide bonds. The zero-order valence-corrected chi connectivity index (χ0v) is 14.0. The van der Waals surface area contributed by atoms with Gasteiger partial charge in [-0.1, -0.05) is 24.3 Å². The number of rotatable bonds is 7. The molecule has 3 N–H and O–H groups in total. The van der Waals surface area contributed by atoms with Crippen molar-refractivity contribution in [3.8, 4) is 5.75 Å². The number of nitrogens with one attached hydrogen (secondary N) is 1. The molecule has 0 bridgehead atoms. The first kappa shape index (κ1) is 17.0. The van der Waals surface area contributed by atoms with Crippen LogP contribution in [-0.2, 0) is 16.0 Å². The van der Waals surface area contributed by atoms with Crippen molar-refractivity contribution in [2.45, 2.75) is 31.6 Å². The molecule has 0 aromatic heterocycles. The van der Waals surface area contributed by atoms with E-state index in [0.29, 0.717) is 18.1 Å². The first-order chi connectivity index (χ1) is 12.1. The van der Waals surface area contributed by atoms with E-state index in [1.807, 2.05) is 12.1 Å². The fourth-order valence-corrected chi connectivity index (χ4v) is 3.20. The number of ether oxygens (including phenoxy) is 1. The molecule has 2 aromatic carbocycles. The molecule has 5 nitrogen and oxygen atoms in total. The third-order valence-corrected chi connectivity index (χ3v) is 4.44. The van der Waals surface area contributed by atoms with Crippen LogP contribution in [0.2, 0.25) is 0 Å². The van der Waals surface area contributed by atoms with E-state index >= 15 is 0 Å². The van der Waals surface area contributed by atoms with Gasteiger partial charge in [-0.2, -0.15) is 0 Å². The Morgan fingerprint density at radius 1 is 1.12 bits per heavy atom. The van der Waals surface area contributed by atoms with E-state index in [1.54, 1.807) is 24.3 Å². The number of nitrogens with two attached hydrogens (primary N) is 1. The molecule has 1 aliphatic rings. The highest BCUT2D eigenvalue weighted by Crippen LogP contribution is 2.35. The average Bonchev–Trinajstić information content (AvgIpc) is 2.99. The van der Waals surface area contributed by atoms with Crippen LogP contribution >= 0.6 is 0 Å². The average molecular weight is 338 g/mol. The van der Waals surface area contributed by atoms with Crippen LogP contribution in [0.1, 0.15) is 36.3 Å². The van der Waals surface area contributed by atoms with Gasteiger partial charge in [0, 0.05) is 12.1 Å². The molecule has 25 heavy (non-hydrogen) atoms.